The number of carboxylic acids is 1. The second kappa shape index (κ2) is 5.25. The van der Waals surface area contributed by atoms with Gasteiger partial charge in [0.25, 0.3) is 0 Å². The molecule has 0 spiro atoms. The third-order valence-corrected chi connectivity index (χ3v) is 2.15. The summed E-state index contributed by atoms with van der Waals surface area (Å²) in [4.78, 5) is 10.8. The van der Waals surface area contributed by atoms with Crippen LogP contribution in [-0.2, 0) is 6.42 Å². The number of benzene rings is 1. The van der Waals surface area contributed by atoms with E-state index in [0.29, 0.717) is 12.0 Å². The Morgan fingerprint density at radius 2 is 2.24 bits per heavy atom. The summed E-state index contributed by atoms with van der Waals surface area (Å²) in [6, 6.07) is 4.02. The lowest BCUT2D eigenvalue weighted by Crippen LogP contribution is -2.09. The maximum Gasteiger partial charge on any atom is 0.387 e. The Morgan fingerprint density at radius 3 is 2.65 bits per heavy atom. The normalized spacial score (nSPS) is 10.1. The molecular weight excluding hydrogens is 232 g/mol. The van der Waals surface area contributed by atoms with Crippen molar-refractivity contribution >= 4 is 5.97 Å². The fourth-order valence-corrected chi connectivity index (χ4v) is 1.38. The van der Waals surface area contributed by atoms with E-state index < -0.39 is 23.9 Å². The van der Waals surface area contributed by atoms with E-state index >= 15 is 0 Å². The summed E-state index contributed by atoms with van der Waals surface area (Å²) in [5.41, 5.74) is 0.165. The molecule has 0 aromatic heterocycles. The van der Waals surface area contributed by atoms with Crippen LogP contribution in [0.5, 0.6) is 5.75 Å². The van der Waals surface area contributed by atoms with Crippen molar-refractivity contribution in [3.63, 3.8) is 0 Å². The minimum Gasteiger partial charge on any atom is -0.478 e. The third-order valence-electron chi connectivity index (χ3n) is 2.15. The Balaban J connectivity index is 3.36. The monoisotopic (exact) mass is 241 g/mol. The Morgan fingerprint density at radius 1 is 1.59 bits per heavy atom. The van der Waals surface area contributed by atoms with Crippen LogP contribution in [0.1, 0.15) is 28.4 Å². The van der Waals surface area contributed by atoms with E-state index in [1.54, 1.807) is 6.92 Å². The molecule has 0 saturated carbocycles. The number of hydrogen-bond donors (Lipinski definition) is 1. The zero-order valence-corrected chi connectivity index (χ0v) is 8.91. The van der Waals surface area contributed by atoms with Gasteiger partial charge in [0.15, 0.2) is 0 Å². The molecule has 4 nitrogen and oxygen atoms in total. The molecule has 1 rings (SSSR count). The van der Waals surface area contributed by atoms with Crippen LogP contribution in [0.3, 0.4) is 0 Å². The largest absolute Gasteiger partial charge is 0.478 e. The van der Waals surface area contributed by atoms with Crippen LogP contribution in [-0.4, -0.2) is 17.7 Å². The number of halogens is 2. The summed E-state index contributed by atoms with van der Waals surface area (Å²) >= 11 is 0. The number of aromatic carboxylic acids is 1. The first-order valence-electron chi connectivity index (χ1n) is 4.74. The maximum atomic E-state index is 12.1. The van der Waals surface area contributed by atoms with Crippen molar-refractivity contribution in [1.82, 2.24) is 0 Å². The maximum absolute atomic E-state index is 12.1. The van der Waals surface area contributed by atoms with Crippen molar-refractivity contribution in [2.45, 2.75) is 20.0 Å². The van der Waals surface area contributed by atoms with E-state index in [9.17, 15) is 13.6 Å². The average Bonchev–Trinajstić information content (AvgIpc) is 2.27. The van der Waals surface area contributed by atoms with Crippen LogP contribution < -0.4 is 4.74 Å². The second-order valence-electron chi connectivity index (χ2n) is 3.15. The van der Waals surface area contributed by atoms with Crippen LogP contribution in [0.4, 0.5) is 8.78 Å². The smallest absolute Gasteiger partial charge is 0.387 e. The number of nitriles is 1. The minimum absolute atomic E-state index is 0.145. The van der Waals surface area contributed by atoms with Crippen LogP contribution in [0, 0.1) is 11.3 Å². The number of nitrogens with zero attached hydrogens (tertiary/aromatic N) is 1. The van der Waals surface area contributed by atoms with Gasteiger partial charge in [-0.3, -0.25) is 0 Å². The van der Waals surface area contributed by atoms with Gasteiger partial charge in [0.1, 0.15) is 11.3 Å². The van der Waals surface area contributed by atoms with Gasteiger partial charge in [0.05, 0.1) is 11.6 Å². The molecule has 0 radical (unpaired) electrons. The van der Waals surface area contributed by atoms with Gasteiger partial charge in [-0.1, -0.05) is 6.92 Å². The number of carbonyl (C=O) groups is 1. The summed E-state index contributed by atoms with van der Waals surface area (Å²) in [5.74, 6) is -1.84. The van der Waals surface area contributed by atoms with Gasteiger partial charge < -0.3 is 9.84 Å². The topological polar surface area (TPSA) is 70.3 Å². The Bertz CT molecular complexity index is 480. The predicted octanol–water partition coefficient (Wildman–Crippen LogP) is 2.42. The van der Waals surface area contributed by atoms with Crippen molar-refractivity contribution in [3.8, 4) is 11.8 Å². The van der Waals surface area contributed by atoms with E-state index in [-0.39, 0.29) is 5.56 Å². The lowest BCUT2D eigenvalue weighted by Gasteiger charge is -2.10. The van der Waals surface area contributed by atoms with Gasteiger partial charge in [-0.25, -0.2) is 4.79 Å². The fourth-order valence-electron chi connectivity index (χ4n) is 1.38. The van der Waals surface area contributed by atoms with Gasteiger partial charge >= 0.3 is 12.6 Å². The summed E-state index contributed by atoms with van der Waals surface area (Å²) < 4.78 is 28.3. The van der Waals surface area contributed by atoms with E-state index in [0.717, 1.165) is 12.1 Å². The fraction of sp³-hybridized carbons (Fsp3) is 0.273. The number of aryl methyl sites for hydroxylation is 1. The third kappa shape index (κ3) is 2.91. The van der Waals surface area contributed by atoms with Gasteiger partial charge in [-0.15, -0.1) is 0 Å². The predicted molar refractivity (Wildman–Crippen MR) is 54.1 cm³/mol. The summed E-state index contributed by atoms with van der Waals surface area (Å²) in [6.45, 7) is -1.38. The average molecular weight is 241 g/mol. The Kier molecular flexibility index (Phi) is 3.99. The van der Waals surface area contributed by atoms with Crippen molar-refractivity contribution < 1.29 is 23.4 Å². The van der Waals surface area contributed by atoms with E-state index in [1.165, 1.54) is 0 Å². The highest BCUT2D eigenvalue weighted by Gasteiger charge is 2.18. The molecule has 1 aromatic rings. The number of rotatable bonds is 4. The molecule has 0 heterocycles. The quantitative estimate of drug-likeness (QED) is 0.878. The Labute approximate surface area is 96.0 Å². The lowest BCUT2D eigenvalue weighted by atomic mass is 10.0. The first-order valence-corrected chi connectivity index (χ1v) is 4.74. The van der Waals surface area contributed by atoms with Gasteiger partial charge in [-0.2, -0.15) is 14.0 Å². The van der Waals surface area contributed by atoms with Crippen LogP contribution >= 0.6 is 0 Å². The van der Waals surface area contributed by atoms with Crippen LogP contribution in [0.25, 0.3) is 0 Å². The molecule has 1 N–H and O–H groups in total. The first-order chi connectivity index (χ1) is 7.99. The highest BCUT2D eigenvalue weighted by Crippen LogP contribution is 2.25. The molecule has 1 aromatic carbocycles. The molecule has 0 fully saturated rings. The molecule has 0 bridgehead atoms. The molecule has 0 atom stereocenters. The molecule has 90 valence electrons. The number of hydrogen-bond acceptors (Lipinski definition) is 3. The number of alkyl halides is 2. The second-order valence-corrected chi connectivity index (χ2v) is 3.15. The molecule has 0 saturated heterocycles. The number of ether oxygens (including phenoxy) is 1. The van der Waals surface area contributed by atoms with Crippen LogP contribution in [0.2, 0.25) is 0 Å². The standard InChI is InChI=1S/C11H9F2NO3/c1-2-6-4-9(17-11(12)13)8(10(15)16)3-7(6)5-14/h3-4,11H,2H2,1H3,(H,15,16). The minimum atomic E-state index is -3.11. The van der Waals surface area contributed by atoms with Crippen LogP contribution in [0.15, 0.2) is 12.1 Å². The molecule has 0 aliphatic carbocycles. The van der Waals surface area contributed by atoms with Crippen molar-refractivity contribution in [3.05, 3.63) is 28.8 Å². The molecular formula is C11H9F2NO3. The summed E-state index contributed by atoms with van der Waals surface area (Å²) in [7, 11) is 0. The highest BCUT2D eigenvalue weighted by atomic mass is 19.3. The van der Waals surface area contributed by atoms with E-state index in [2.05, 4.69) is 4.74 Å². The van der Waals surface area contributed by atoms with Gasteiger partial charge in [-0.05, 0) is 24.1 Å². The molecule has 0 aliphatic rings. The number of carboxylic acid groups (broad SMARTS) is 1. The molecule has 0 unspecified atom stereocenters. The van der Waals surface area contributed by atoms with E-state index in [1.807, 2.05) is 6.07 Å². The summed E-state index contributed by atoms with van der Waals surface area (Å²) in [5, 5.41) is 17.6. The Hall–Kier alpha value is -2.16. The van der Waals surface area contributed by atoms with Gasteiger partial charge in [0, 0.05) is 0 Å². The highest BCUT2D eigenvalue weighted by molar-refractivity contribution is 5.91. The lowest BCUT2D eigenvalue weighted by molar-refractivity contribution is -0.0503. The van der Waals surface area contributed by atoms with E-state index in [4.69, 9.17) is 10.4 Å². The molecule has 17 heavy (non-hydrogen) atoms. The summed E-state index contributed by atoms with van der Waals surface area (Å²) in [6.07, 6.45) is 0.419. The first kappa shape index (κ1) is 12.9. The zero-order valence-electron chi connectivity index (χ0n) is 8.91. The van der Waals surface area contributed by atoms with Crippen molar-refractivity contribution in [2.24, 2.45) is 0 Å². The molecule has 6 heteroatoms. The van der Waals surface area contributed by atoms with Gasteiger partial charge in [0.2, 0.25) is 0 Å². The van der Waals surface area contributed by atoms with Crippen molar-refractivity contribution in [1.29, 1.82) is 5.26 Å². The zero-order chi connectivity index (χ0) is 13.0. The molecule has 0 aliphatic heterocycles. The SMILES string of the molecule is CCc1cc(OC(F)F)c(C(=O)O)cc1C#N. The van der Waals surface area contributed by atoms with Crippen molar-refractivity contribution in [2.75, 3.05) is 0 Å². The molecule has 0 amide bonds.